The highest BCUT2D eigenvalue weighted by Gasteiger charge is 2.11. The molecule has 0 heterocycles. The van der Waals surface area contributed by atoms with Gasteiger partial charge in [0, 0.05) is 19.8 Å². The molecule has 0 radical (unpaired) electrons. The van der Waals surface area contributed by atoms with Crippen molar-refractivity contribution in [3.8, 4) is 5.75 Å². The Kier molecular flexibility index (Phi) is 7.53. The van der Waals surface area contributed by atoms with Gasteiger partial charge in [0.2, 0.25) is 0 Å². The lowest BCUT2D eigenvalue weighted by atomic mass is 10.0. The number of ether oxygens (including phenoxy) is 2. The van der Waals surface area contributed by atoms with Crippen LogP contribution in [0.15, 0.2) is 24.3 Å². The van der Waals surface area contributed by atoms with Crippen LogP contribution in [0.3, 0.4) is 0 Å². The molecule has 1 rings (SSSR count). The minimum absolute atomic E-state index is 0.205. The van der Waals surface area contributed by atoms with E-state index in [1.165, 1.54) is 5.56 Å². The smallest absolute Gasteiger partial charge is 0.120 e. The Morgan fingerprint density at radius 1 is 1.26 bits per heavy atom. The third-order valence-electron chi connectivity index (χ3n) is 2.88. The van der Waals surface area contributed by atoms with E-state index in [0.717, 1.165) is 31.7 Å². The topological polar surface area (TPSA) is 30.5 Å². The van der Waals surface area contributed by atoms with Gasteiger partial charge in [0.05, 0.1) is 6.10 Å². The lowest BCUT2D eigenvalue weighted by molar-refractivity contribution is 0.182. The maximum Gasteiger partial charge on any atom is 0.120 e. The van der Waals surface area contributed by atoms with Crippen LogP contribution in [0.25, 0.3) is 0 Å². The first kappa shape index (κ1) is 16.0. The van der Waals surface area contributed by atoms with Crippen LogP contribution in [0.1, 0.15) is 45.2 Å². The van der Waals surface area contributed by atoms with Gasteiger partial charge in [-0.15, -0.1) is 0 Å². The molecular formula is C16H27NO2. The third kappa shape index (κ3) is 6.08. The molecule has 1 atom stereocenters. The molecule has 0 aromatic heterocycles. The van der Waals surface area contributed by atoms with Gasteiger partial charge in [-0.1, -0.05) is 19.1 Å². The zero-order valence-corrected chi connectivity index (χ0v) is 12.6. The van der Waals surface area contributed by atoms with Crippen molar-refractivity contribution in [3.05, 3.63) is 29.8 Å². The van der Waals surface area contributed by atoms with Gasteiger partial charge < -0.3 is 14.8 Å². The molecular weight excluding hydrogens is 238 g/mol. The van der Waals surface area contributed by atoms with E-state index in [1.807, 2.05) is 19.9 Å². The third-order valence-corrected chi connectivity index (χ3v) is 2.88. The second kappa shape index (κ2) is 8.94. The van der Waals surface area contributed by atoms with E-state index in [2.05, 4.69) is 30.4 Å². The molecule has 0 bridgehead atoms. The number of nitrogens with one attached hydrogen (secondary N) is 1. The van der Waals surface area contributed by atoms with Crippen molar-refractivity contribution in [3.63, 3.8) is 0 Å². The van der Waals surface area contributed by atoms with Crippen molar-refractivity contribution in [1.29, 1.82) is 0 Å². The summed E-state index contributed by atoms with van der Waals surface area (Å²) in [6, 6.07) is 8.67. The first-order valence-electron chi connectivity index (χ1n) is 7.16. The Labute approximate surface area is 117 Å². The highest BCUT2D eigenvalue weighted by Crippen LogP contribution is 2.22. The van der Waals surface area contributed by atoms with E-state index in [0.29, 0.717) is 6.04 Å². The fourth-order valence-electron chi connectivity index (χ4n) is 2.02. The van der Waals surface area contributed by atoms with Crippen LogP contribution in [-0.4, -0.2) is 26.4 Å². The van der Waals surface area contributed by atoms with Gasteiger partial charge in [-0.2, -0.15) is 0 Å². The molecule has 0 amide bonds. The van der Waals surface area contributed by atoms with Crippen molar-refractivity contribution in [2.24, 2.45) is 0 Å². The molecule has 1 aromatic carbocycles. The van der Waals surface area contributed by atoms with Crippen molar-refractivity contribution in [2.45, 2.75) is 45.8 Å². The highest BCUT2D eigenvalue weighted by molar-refractivity contribution is 5.30. The maximum atomic E-state index is 5.75. The van der Waals surface area contributed by atoms with E-state index in [9.17, 15) is 0 Å². The molecule has 3 heteroatoms. The van der Waals surface area contributed by atoms with Crippen LogP contribution in [-0.2, 0) is 4.74 Å². The largest absolute Gasteiger partial charge is 0.491 e. The van der Waals surface area contributed by atoms with Gasteiger partial charge in [0.1, 0.15) is 5.75 Å². The number of methoxy groups -OCH3 is 1. The van der Waals surface area contributed by atoms with Crippen LogP contribution < -0.4 is 10.1 Å². The van der Waals surface area contributed by atoms with E-state index >= 15 is 0 Å². The Morgan fingerprint density at radius 2 is 2.05 bits per heavy atom. The molecule has 0 aliphatic carbocycles. The molecule has 0 aliphatic heterocycles. The van der Waals surface area contributed by atoms with Crippen LogP contribution >= 0.6 is 0 Å². The molecule has 0 fully saturated rings. The van der Waals surface area contributed by atoms with Gasteiger partial charge >= 0.3 is 0 Å². The van der Waals surface area contributed by atoms with Crippen LogP contribution in [0.2, 0.25) is 0 Å². The summed E-state index contributed by atoms with van der Waals surface area (Å²) < 4.78 is 11.0. The van der Waals surface area contributed by atoms with Crippen molar-refractivity contribution in [2.75, 3.05) is 20.3 Å². The molecule has 19 heavy (non-hydrogen) atoms. The normalized spacial score (nSPS) is 12.7. The fraction of sp³-hybridized carbons (Fsp3) is 0.625. The van der Waals surface area contributed by atoms with Crippen LogP contribution in [0.5, 0.6) is 5.75 Å². The number of hydrogen-bond acceptors (Lipinski definition) is 3. The van der Waals surface area contributed by atoms with Gasteiger partial charge in [-0.05, 0) is 50.9 Å². The minimum Gasteiger partial charge on any atom is -0.491 e. The first-order chi connectivity index (χ1) is 9.17. The lowest BCUT2D eigenvalue weighted by Gasteiger charge is -2.20. The summed E-state index contributed by atoms with van der Waals surface area (Å²) in [5, 5.41) is 3.57. The Balaban J connectivity index is 2.75. The number of benzene rings is 1. The summed E-state index contributed by atoms with van der Waals surface area (Å²) >= 11 is 0. The average Bonchev–Trinajstić information content (AvgIpc) is 2.38. The number of rotatable bonds is 9. The quantitative estimate of drug-likeness (QED) is 0.740. The van der Waals surface area contributed by atoms with E-state index in [-0.39, 0.29) is 6.10 Å². The van der Waals surface area contributed by atoms with E-state index in [4.69, 9.17) is 9.47 Å². The Bertz CT molecular complexity index is 344. The predicted molar refractivity (Wildman–Crippen MR) is 79.7 cm³/mol. The Hall–Kier alpha value is -1.06. The van der Waals surface area contributed by atoms with Crippen LogP contribution in [0.4, 0.5) is 0 Å². The molecule has 0 saturated carbocycles. The van der Waals surface area contributed by atoms with Gasteiger partial charge in [0.25, 0.3) is 0 Å². The van der Waals surface area contributed by atoms with Gasteiger partial charge in [-0.3, -0.25) is 0 Å². The molecule has 1 N–H and O–H groups in total. The van der Waals surface area contributed by atoms with Gasteiger partial charge in [0.15, 0.2) is 0 Å². The van der Waals surface area contributed by atoms with Crippen molar-refractivity contribution in [1.82, 2.24) is 5.32 Å². The summed E-state index contributed by atoms with van der Waals surface area (Å²) in [5.41, 5.74) is 1.27. The highest BCUT2D eigenvalue weighted by atomic mass is 16.5. The standard InChI is InChI=1S/C16H27NO2/c1-5-10-17-16(9-11-18-4)14-7-6-8-15(12-14)19-13(2)3/h6-8,12-13,16-17H,5,9-11H2,1-4H3. The second-order valence-electron chi connectivity index (χ2n) is 5.03. The maximum absolute atomic E-state index is 5.75. The zero-order valence-electron chi connectivity index (χ0n) is 12.6. The SMILES string of the molecule is CCCNC(CCOC)c1cccc(OC(C)C)c1. The molecule has 3 nitrogen and oxygen atoms in total. The minimum atomic E-state index is 0.205. The van der Waals surface area contributed by atoms with Crippen molar-refractivity contribution < 1.29 is 9.47 Å². The molecule has 0 spiro atoms. The summed E-state index contributed by atoms with van der Waals surface area (Å²) in [6.45, 7) is 8.05. The van der Waals surface area contributed by atoms with Crippen LogP contribution in [0, 0.1) is 0 Å². The second-order valence-corrected chi connectivity index (χ2v) is 5.03. The van der Waals surface area contributed by atoms with Gasteiger partial charge in [-0.25, -0.2) is 0 Å². The monoisotopic (exact) mass is 265 g/mol. The first-order valence-corrected chi connectivity index (χ1v) is 7.16. The summed E-state index contributed by atoms with van der Waals surface area (Å²) in [5.74, 6) is 0.938. The lowest BCUT2D eigenvalue weighted by Crippen LogP contribution is -2.23. The predicted octanol–water partition coefficient (Wildman–Crippen LogP) is 3.55. The molecule has 1 aromatic rings. The van der Waals surface area contributed by atoms with Crippen molar-refractivity contribution >= 4 is 0 Å². The molecule has 0 aliphatic rings. The zero-order chi connectivity index (χ0) is 14.1. The summed E-state index contributed by atoms with van der Waals surface area (Å²) in [7, 11) is 1.75. The molecule has 108 valence electrons. The Morgan fingerprint density at radius 3 is 2.68 bits per heavy atom. The molecule has 0 saturated heterocycles. The van der Waals surface area contributed by atoms with E-state index in [1.54, 1.807) is 7.11 Å². The number of hydrogen-bond donors (Lipinski definition) is 1. The summed E-state index contributed by atoms with van der Waals surface area (Å²) in [4.78, 5) is 0. The molecule has 1 unspecified atom stereocenters. The summed E-state index contributed by atoms with van der Waals surface area (Å²) in [6.07, 6.45) is 2.31. The average molecular weight is 265 g/mol. The fourth-order valence-corrected chi connectivity index (χ4v) is 2.02. The van der Waals surface area contributed by atoms with E-state index < -0.39 is 0 Å².